The third-order valence-corrected chi connectivity index (χ3v) is 6.22. The number of para-hydroxylation sites is 1. The van der Waals surface area contributed by atoms with Gasteiger partial charge in [-0.05, 0) is 61.9 Å². The average Bonchev–Trinajstić information content (AvgIpc) is 3.11. The number of nitrogens with zero attached hydrogens (tertiary/aromatic N) is 3. The molecule has 1 aliphatic heterocycles. The monoisotopic (exact) mass is 488 g/mol. The minimum Gasteiger partial charge on any atom is -0.505 e. The van der Waals surface area contributed by atoms with E-state index in [1.807, 2.05) is 0 Å². The number of carbonyl (C=O) groups is 2. The van der Waals surface area contributed by atoms with Crippen LogP contribution in [0.2, 0.25) is 0 Å². The molecular weight excluding hydrogens is 465 g/mol. The average molecular weight is 488 g/mol. The lowest BCUT2D eigenvalue weighted by atomic mass is 9.77. The van der Waals surface area contributed by atoms with Crippen LogP contribution in [0.1, 0.15) is 49.7 Å². The zero-order valence-corrected chi connectivity index (χ0v) is 18.7. The van der Waals surface area contributed by atoms with Crippen molar-refractivity contribution < 1.29 is 33.0 Å². The molecule has 2 atom stereocenters. The van der Waals surface area contributed by atoms with E-state index in [4.69, 9.17) is 0 Å². The molecule has 184 valence electrons. The smallest absolute Gasteiger partial charge is 0.416 e. The number of rotatable bonds is 5. The minimum absolute atomic E-state index is 0.0514. The summed E-state index contributed by atoms with van der Waals surface area (Å²) in [6, 6.07) is 9.22. The Labute approximate surface area is 198 Å². The van der Waals surface area contributed by atoms with Crippen molar-refractivity contribution in [1.29, 1.82) is 0 Å². The van der Waals surface area contributed by atoms with Gasteiger partial charge in [0.25, 0.3) is 0 Å². The first kappa shape index (κ1) is 24.2. The number of phenols is 1. The van der Waals surface area contributed by atoms with E-state index in [9.17, 15) is 33.0 Å². The minimum atomic E-state index is -4.57. The van der Waals surface area contributed by atoms with Gasteiger partial charge in [0.05, 0.1) is 28.6 Å². The molecule has 0 bridgehead atoms. The van der Waals surface area contributed by atoms with Crippen molar-refractivity contribution in [2.75, 3.05) is 10.4 Å². The Bertz CT molecular complexity index is 1230. The van der Waals surface area contributed by atoms with Crippen molar-refractivity contribution in [1.82, 2.24) is 0 Å². The second-order valence-electron chi connectivity index (χ2n) is 8.56. The standard InChI is InChI=1S/C24H23F3N4O4/c1-13-20(22(33)31(30-13)17-8-3-7-16(12-17)24(25,26)27)29-28-19-10-4-9-18(21(19)32)14-5-2-6-15(11-14)23(34)35/h3-4,7-10,12,14-15,28,32H,2,5-6,11H2,1H3,(H,34,35). The van der Waals surface area contributed by atoms with E-state index >= 15 is 0 Å². The summed E-state index contributed by atoms with van der Waals surface area (Å²) in [5.74, 6) is -2.27. The van der Waals surface area contributed by atoms with Crippen molar-refractivity contribution in [3.63, 3.8) is 0 Å². The maximum absolute atomic E-state index is 13.1. The number of carboxylic acids is 1. The van der Waals surface area contributed by atoms with Gasteiger partial charge in [-0.25, -0.2) is 0 Å². The molecule has 1 fully saturated rings. The maximum Gasteiger partial charge on any atom is 0.416 e. The molecule has 2 unspecified atom stereocenters. The number of phenolic OH excluding ortho intramolecular Hbond substituents is 1. The van der Waals surface area contributed by atoms with Gasteiger partial charge in [-0.1, -0.05) is 24.6 Å². The van der Waals surface area contributed by atoms with Gasteiger partial charge in [-0.3, -0.25) is 15.0 Å². The lowest BCUT2D eigenvalue weighted by Crippen LogP contribution is -2.28. The molecule has 1 heterocycles. The number of halogens is 3. The number of benzene rings is 2. The Balaban J connectivity index is 1.54. The van der Waals surface area contributed by atoms with E-state index < -0.39 is 29.5 Å². The first-order valence-electron chi connectivity index (χ1n) is 11.0. The number of carbonyl (C=O) groups excluding carboxylic acids is 1. The molecule has 1 saturated carbocycles. The van der Waals surface area contributed by atoms with Gasteiger partial charge in [0.2, 0.25) is 0 Å². The van der Waals surface area contributed by atoms with Crippen LogP contribution in [0.25, 0.3) is 0 Å². The summed E-state index contributed by atoms with van der Waals surface area (Å²) >= 11 is 0. The number of hydrazone groups is 2. The summed E-state index contributed by atoms with van der Waals surface area (Å²) in [6.07, 6.45) is -2.08. The van der Waals surface area contributed by atoms with E-state index in [0.29, 0.717) is 18.4 Å². The summed E-state index contributed by atoms with van der Waals surface area (Å²) in [5, 5.41) is 29.1. The molecule has 11 heteroatoms. The number of anilines is 2. The van der Waals surface area contributed by atoms with Crippen LogP contribution in [0.3, 0.4) is 0 Å². The zero-order valence-electron chi connectivity index (χ0n) is 18.7. The lowest BCUT2D eigenvalue weighted by molar-refractivity contribution is -0.143. The van der Waals surface area contributed by atoms with E-state index in [2.05, 4.69) is 15.6 Å². The van der Waals surface area contributed by atoms with Gasteiger partial charge >= 0.3 is 18.1 Å². The molecule has 2 aliphatic rings. The van der Waals surface area contributed by atoms with Crippen molar-refractivity contribution >= 4 is 34.7 Å². The molecule has 0 radical (unpaired) electrons. The molecule has 35 heavy (non-hydrogen) atoms. The summed E-state index contributed by atoms with van der Waals surface area (Å²) in [6.45, 7) is 1.50. The largest absolute Gasteiger partial charge is 0.505 e. The van der Waals surface area contributed by atoms with Crippen LogP contribution < -0.4 is 10.4 Å². The van der Waals surface area contributed by atoms with Crippen LogP contribution in [-0.4, -0.2) is 33.5 Å². The molecule has 0 aromatic heterocycles. The van der Waals surface area contributed by atoms with Crippen LogP contribution in [0, 0.1) is 5.92 Å². The number of amides is 1. The highest BCUT2D eigenvalue weighted by Gasteiger charge is 2.35. The topological polar surface area (TPSA) is 115 Å². The van der Waals surface area contributed by atoms with Gasteiger partial charge in [-0.2, -0.15) is 28.4 Å². The molecule has 3 N–H and O–H groups in total. The van der Waals surface area contributed by atoms with E-state index in [1.165, 1.54) is 19.1 Å². The van der Waals surface area contributed by atoms with Gasteiger partial charge in [-0.15, -0.1) is 0 Å². The number of aromatic hydroxyl groups is 1. The SMILES string of the molecule is CC1=NN(c2cccc(C(F)(F)F)c2)C(=O)C1=NNc1cccc(C2CCCC(C(=O)O)C2)c1O. The van der Waals surface area contributed by atoms with E-state index in [0.717, 1.165) is 30.0 Å². The van der Waals surface area contributed by atoms with E-state index in [1.54, 1.807) is 18.2 Å². The molecule has 1 amide bonds. The fourth-order valence-electron chi connectivity index (χ4n) is 4.41. The fourth-order valence-corrected chi connectivity index (χ4v) is 4.41. The predicted octanol–water partition coefficient (Wildman–Crippen LogP) is 4.96. The normalized spacial score (nSPS) is 21.8. The second kappa shape index (κ2) is 9.40. The van der Waals surface area contributed by atoms with Crippen LogP contribution in [0.4, 0.5) is 24.5 Å². The van der Waals surface area contributed by atoms with Crippen LogP contribution in [0.15, 0.2) is 52.7 Å². The van der Waals surface area contributed by atoms with Gasteiger partial charge in [0, 0.05) is 0 Å². The third kappa shape index (κ3) is 4.98. The number of nitrogens with one attached hydrogen (secondary N) is 1. The number of hydrogen-bond acceptors (Lipinski definition) is 6. The molecule has 2 aromatic rings. The summed E-state index contributed by atoms with van der Waals surface area (Å²) < 4.78 is 39.2. The Hall–Kier alpha value is -3.89. The second-order valence-corrected chi connectivity index (χ2v) is 8.56. The molecule has 1 aliphatic carbocycles. The van der Waals surface area contributed by atoms with Crippen LogP contribution >= 0.6 is 0 Å². The number of carboxylic acid groups (broad SMARTS) is 1. The Kier molecular flexibility index (Phi) is 6.51. The van der Waals surface area contributed by atoms with Gasteiger partial charge in [0.1, 0.15) is 5.75 Å². The molecule has 8 nitrogen and oxygen atoms in total. The molecule has 4 rings (SSSR count). The Morgan fingerprint density at radius 3 is 2.66 bits per heavy atom. The lowest BCUT2D eigenvalue weighted by Gasteiger charge is -2.27. The molecule has 0 saturated heterocycles. The van der Waals surface area contributed by atoms with Gasteiger partial charge < -0.3 is 10.2 Å². The van der Waals surface area contributed by atoms with Crippen molar-refractivity contribution in [2.45, 2.75) is 44.7 Å². The summed E-state index contributed by atoms with van der Waals surface area (Å²) in [4.78, 5) is 24.2. The van der Waals surface area contributed by atoms with Gasteiger partial charge in [0.15, 0.2) is 5.71 Å². The van der Waals surface area contributed by atoms with Crippen LogP contribution in [0.5, 0.6) is 5.75 Å². The Morgan fingerprint density at radius 2 is 1.94 bits per heavy atom. The summed E-state index contributed by atoms with van der Waals surface area (Å²) in [7, 11) is 0. The van der Waals surface area contributed by atoms with Crippen LogP contribution in [-0.2, 0) is 15.8 Å². The third-order valence-electron chi connectivity index (χ3n) is 6.22. The first-order chi connectivity index (χ1) is 16.6. The molecule has 2 aromatic carbocycles. The Morgan fingerprint density at radius 1 is 1.20 bits per heavy atom. The number of hydrogen-bond donors (Lipinski definition) is 3. The van der Waals surface area contributed by atoms with Crippen molar-refractivity contribution in [2.24, 2.45) is 16.1 Å². The quantitative estimate of drug-likeness (QED) is 0.407. The zero-order chi connectivity index (χ0) is 25.3. The van der Waals surface area contributed by atoms with E-state index in [-0.39, 0.29) is 34.5 Å². The summed E-state index contributed by atoms with van der Waals surface area (Å²) in [5.41, 5.74) is 2.57. The molecular formula is C24H23F3N4O4. The van der Waals surface area contributed by atoms with Crippen molar-refractivity contribution in [3.05, 3.63) is 53.6 Å². The van der Waals surface area contributed by atoms with Crippen molar-refractivity contribution in [3.8, 4) is 5.75 Å². The highest BCUT2D eigenvalue weighted by molar-refractivity contribution is 6.71. The fraction of sp³-hybridized carbons (Fsp3) is 0.333. The highest BCUT2D eigenvalue weighted by Crippen LogP contribution is 2.42. The number of aliphatic carboxylic acids is 1. The number of alkyl halides is 3. The first-order valence-corrected chi connectivity index (χ1v) is 11.0. The highest BCUT2D eigenvalue weighted by atomic mass is 19.4. The maximum atomic E-state index is 13.1. The molecule has 0 spiro atoms. The predicted molar refractivity (Wildman–Crippen MR) is 124 cm³/mol.